The van der Waals surface area contributed by atoms with E-state index in [0.717, 1.165) is 25.3 Å². The highest BCUT2D eigenvalue weighted by Gasteiger charge is 2.26. The molecule has 1 unspecified atom stereocenters. The molecule has 4 rings (SSSR count). The Balaban J connectivity index is 1.68. The summed E-state index contributed by atoms with van der Waals surface area (Å²) in [4.78, 5) is 5.86. The number of aromatic nitrogens is 1. The van der Waals surface area contributed by atoms with Crippen LogP contribution in [0.3, 0.4) is 0 Å². The van der Waals surface area contributed by atoms with E-state index in [0.29, 0.717) is 6.61 Å². The predicted molar refractivity (Wildman–Crippen MR) is 112 cm³/mol. The molecule has 3 aromatic rings. The Morgan fingerprint density at radius 3 is 2.81 bits per heavy atom. The van der Waals surface area contributed by atoms with E-state index < -0.39 is 0 Å². The molecule has 0 spiro atoms. The van der Waals surface area contributed by atoms with Gasteiger partial charge in [0.1, 0.15) is 12.4 Å². The highest BCUT2D eigenvalue weighted by Crippen LogP contribution is 2.35. The summed E-state index contributed by atoms with van der Waals surface area (Å²) in [6.45, 7) is 6.97. The number of aryl methyl sites for hydroxylation is 2. The van der Waals surface area contributed by atoms with Gasteiger partial charge in [0.15, 0.2) is 0 Å². The lowest BCUT2D eigenvalue weighted by Gasteiger charge is -2.25. The molecule has 0 fully saturated rings. The van der Waals surface area contributed by atoms with Gasteiger partial charge in [-0.05, 0) is 69.3 Å². The highest BCUT2D eigenvalue weighted by molar-refractivity contribution is 5.88. The van der Waals surface area contributed by atoms with Gasteiger partial charge in [-0.15, -0.1) is 0 Å². The number of ether oxygens (including phenoxy) is 1. The highest BCUT2D eigenvalue weighted by atomic mass is 16.5. The van der Waals surface area contributed by atoms with Crippen LogP contribution in [0.1, 0.15) is 34.0 Å². The van der Waals surface area contributed by atoms with E-state index in [1.807, 2.05) is 6.07 Å². The van der Waals surface area contributed by atoms with Gasteiger partial charge in [-0.3, -0.25) is 0 Å². The van der Waals surface area contributed by atoms with Crippen LogP contribution in [0, 0.1) is 13.8 Å². The number of likely N-dealkylation sites (N-methyl/N-ethyl adjacent to an activating group) is 1. The smallest absolute Gasteiger partial charge is 0.119 e. The van der Waals surface area contributed by atoms with Gasteiger partial charge in [-0.2, -0.15) is 0 Å². The van der Waals surface area contributed by atoms with Gasteiger partial charge in [-0.25, -0.2) is 0 Å². The van der Waals surface area contributed by atoms with Gasteiger partial charge in [0.2, 0.25) is 0 Å². The van der Waals surface area contributed by atoms with Crippen molar-refractivity contribution in [2.24, 2.45) is 0 Å². The monoisotopic (exact) mass is 363 g/mol. The van der Waals surface area contributed by atoms with E-state index in [1.54, 1.807) is 0 Å². The molecule has 2 N–H and O–H groups in total. The number of benzene rings is 2. The molecule has 4 heteroatoms. The van der Waals surface area contributed by atoms with Crippen LogP contribution >= 0.6 is 0 Å². The van der Waals surface area contributed by atoms with E-state index in [4.69, 9.17) is 4.74 Å². The maximum absolute atomic E-state index is 5.95. The molecule has 0 amide bonds. The normalized spacial score (nSPS) is 16.7. The maximum Gasteiger partial charge on any atom is 0.119 e. The lowest BCUT2D eigenvalue weighted by Crippen LogP contribution is -2.30. The van der Waals surface area contributed by atoms with Crippen LogP contribution < -0.4 is 10.1 Å². The topological polar surface area (TPSA) is 40.3 Å². The van der Waals surface area contributed by atoms with Crippen LogP contribution in [-0.4, -0.2) is 43.7 Å². The van der Waals surface area contributed by atoms with Crippen molar-refractivity contribution in [3.05, 3.63) is 64.3 Å². The number of nitrogens with zero attached hydrogens (tertiary/aromatic N) is 1. The molecule has 2 aromatic carbocycles. The van der Waals surface area contributed by atoms with Gasteiger partial charge in [0.05, 0.1) is 6.04 Å². The molecular weight excluding hydrogens is 334 g/mol. The Kier molecular flexibility index (Phi) is 4.94. The van der Waals surface area contributed by atoms with Crippen LogP contribution in [0.4, 0.5) is 0 Å². The third-order valence-corrected chi connectivity index (χ3v) is 5.40. The zero-order valence-electron chi connectivity index (χ0n) is 16.7. The summed E-state index contributed by atoms with van der Waals surface area (Å²) in [5.41, 5.74) is 7.93. The zero-order valence-corrected chi connectivity index (χ0v) is 16.7. The molecule has 0 bridgehead atoms. The maximum atomic E-state index is 5.95. The molecule has 0 saturated carbocycles. The molecule has 1 aromatic heterocycles. The minimum atomic E-state index is 0.179. The summed E-state index contributed by atoms with van der Waals surface area (Å²) >= 11 is 0. The Bertz CT molecular complexity index is 958. The summed E-state index contributed by atoms with van der Waals surface area (Å²) in [7, 11) is 4.12. The molecule has 27 heavy (non-hydrogen) atoms. The fourth-order valence-electron chi connectivity index (χ4n) is 4.10. The lowest BCUT2D eigenvalue weighted by molar-refractivity contribution is 0.261. The van der Waals surface area contributed by atoms with Crippen molar-refractivity contribution in [3.63, 3.8) is 0 Å². The molecule has 1 aliphatic rings. The third kappa shape index (κ3) is 3.60. The van der Waals surface area contributed by atoms with Crippen LogP contribution in [-0.2, 0) is 6.42 Å². The lowest BCUT2D eigenvalue weighted by atomic mass is 9.93. The molecule has 1 atom stereocenters. The van der Waals surface area contributed by atoms with E-state index in [9.17, 15) is 0 Å². The summed E-state index contributed by atoms with van der Waals surface area (Å²) < 4.78 is 5.95. The average Bonchev–Trinajstić information content (AvgIpc) is 3.01. The predicted octanol–water partition coefficient (Wildman–Crippen LogP) is 3.96. The van der Waals surface area contributed by atoms with Crippen molar-refractivity contribution in [1.29, 1.82) is 0 Å². The second-order valence-corrected chi connectivity index (χ2v) is 7.88. The van der Waals surface area contributed by atoms with Crippen molar-refractivity contribution in [3.8, 4) is 5.75 Å². The first-order valence-electron chi connectivity index (χ1n) is 9.75. The number of hydrogen-bond donors (Lipinski definition) is 2. The van der Waals surface area contributed by atoms with E-state index in [2.05, 4.69) is 73.5 Å². The van der Waals surface area contributed by atoms with Gasteiger partial charge < -0.3 is 19.9 Å². The van der Waals surface area contributed by atoms with Gasteiger partial charge in [0, 0.05) is 29.7 Å². The number of H-pyrrole nitrogens is 1. The molecule has 1 aliphatic heterocycles. The van der Waals surface area contributed by atoms with Crippen molar-refractivity contribution in [2.75, 3.05) is 33.8 Å². The summed E-state index contributed by atoms with van der Waals surface area (Å²) in [6, 6.07) is 13.3. The zero-order chi connectivity index (χ0) is 19.0. The van der Waals surface area contributed by atoms with Crippen LogP contribution in [0.25, 0.3) is 10.9 Å². The second kappa shape index (κ2) is 7.37. The first-order valence-corrected chi connectivity index (χ1v) is 9.75. The molecule has 0 saturated heterocycles. The standard InChI is InChI=1S/C23H29N3O/c1-15-12-16(2)21-20(13-15)19-8-9-24-22(23(19)25-21)17-6-5-7-18(14-17)27-11-10-26(3)4/h5-7,12-14,22,24-25H,8-11H2,1-4H3. The fourth-order valence-corrected chi connectivity index (χ4v) is 4.10. The van der Waals surface area contributed by atoms with Crippen molar-refractivity contribution in [2.45, 2.75) is 26.3 Å². The number of aromatic amines is 1. The largest absolute Gasteiger partial charge is 0.492 e. The first-order chi connectivity index (χ1) is 13.0. The molecule has 4 nitrogen and oxygen atoms in total. The average molecular weight is 364 g/mol. The van der Waals surface area contributed by atoms with Crippen molar-refractivity contribution in [1.82, 2.24) is 15.2 Å². The van der Waals surface area contributed by atoms with Crippen LogP contribution in [0.2, 0.25) is 0 Å². The SMILES string of the molecule is Cc1cc(C)c2[nH]c3c(c2c1)CCNC3c1cccc(OCCN(C)C)c1. The van der Waals surface area contributed by atoms with Crippen LogP contribution in [0.5, 0.6) is 5.75 Å². The fraction of sp³-hybridized carbons (Fsp3) is 0.391. The van der Waals surface area contributed by atoms with Crippen LogP contribution in [0.15, 0.2) is 36.4 Å². The number of fused-ring (bicyclic) bond motifs is 3. The molecule has 142 valence electrons. The minimum absolute atomic E-state index is 0.179. The van der Waals surface area contributed by atoms with Crippen molar-refractivity contribution >= 4 is 10.9 Å². The number of nitrogens with one attached hydrogen (secondary N) is 2. The van der Waals surface area contributed by atoms with Gasteiger partial charge in [0.25, 0.3) is 0 Å². The molecule has 0 radical (unpaired) electrons. The van der Waals surface area contributed by atoms with Gasteiger partial charge >= 0.3 is 0 Å². The van der Waals surface area contributed by atoms with E-state index in [-0.39, 0.29) is 6.04 Å². The quantitative estimate of drug-likeness (QED) is 0.721. The Morgan fingerprint density at radius 2 is 2.00 bits per heavy atom. The second-order valence-electron chi connectivity index (χ2n) is 7.88. The van der Waals surface area contributed by atoms with Gasteiger partial charge in [-0.1, -0.05) is 23.8 Å². The molecule has 2 heterocycles. The Morgan fingerprint density at radius 1 is 1.15 bits per heavy atom. The first kappa shape index (κ1) is 18.1. The van der Waals surface area contributed by atoms with E-state index in [1.165, 1.54) is 38.9 Å². The summed E-state index contributed by atoms with van der Waals surface area (Å²) in [6.07, 6.45) is 1.06. The van der Waals surface area contributed by atoms with E-state index >= 15 is 0 Å². The molecule has 0 aliphatic carbocycles. The van der Waals surface area contributed by atoms with Crippen molar-refractivity contribution < 1.29 is 4.74 Å². The summed E-state index contributed by atoms with van der Waals surface area (Å²) in [5.74, 6) is 0.936. The summed E-state index contributed by atoms with van der Waals surface area (Å²) in [5, 5.41) is 5.07. The minimum Gasteiger partial charge on any atom is -0.492 e. The number of rotatable bonds is 5. The Labute approximate surface area is 161 Å². The third-order valence-electron chi connectivity index (χ3n) is 5.40. The molecular formula is C23H29N3O. The Hall–Kier alpha value is -2.30. The number of hydrogen-bond acceptors (Lipinski definition) is 3.